The zero-order valence-electron chi connectivity index (χ0n) is 11.4. The first-order chi connectivity index (χ1) is 10.2. The largest absolute Gasteiger partial charge is 0.397 e. The van der Waals surface area contributed by atoms with Crippen molar-refractivity contribution in [2.45, 2.75) is 4.90 Å². The van der Waals surface area contributed by atoms with Crippen molar-refractivity contribution in [3.63, 3.8) is 0 Å². The minimum absolute atomic E-state index is 0.132. The fourth-order valence-corrected chi connectivity index (χ4v) is 2.95. The summed E-state index contributed by atoms with van der Waals surface area (Å²) in [5, 5.41) is 3.15. The summed E-state index contributed by atoms with van der Waals surface area (Å²) in [7, 11) is -3.31. The summed E-state index contributed by atoms with van der Waals surface area (Å²) in [5.41, 5.74) is 6.53. The Balaban J connectivity index is 2.27. The molecule has 0 aliphatic heterocycles. The van der Waals surface area contributed by atoms with Crippen LogP contribution in [0.15, 0.2) is 41.3 Å². The van der Waals surface area contributed by atoms with E-state index < -0.39 is 15.7 Å². The summed E-state index contributed by atoms with van der Waals surface area (Å²) in [5.74, 6) is -0.462. The van der Waals surface area contributed by atoms with Crippen molar-refractivity contribution in [3.05, 3.63) is 52.0 Å². The number of benzene rings is 2. The molecule has 0 aliphatic carbocycles. The highest BCUT2D eigenvalue weighted by Gasteiger charge is 2.13. The second kappa shape index (κ2) is 6.16. The zero-order valence-corrected chi connectivity index (χ0v) is 13.8. The van der Waals surface area contributed by atoms with Crippen molar-refractivity contribution in [2.24, 2.45) is 0 Å². The van der Waals surface area contributed by atoms with Gasteiger partial charge in [0.2, 0.25) is 0 Å². The van der Waals surface area contributed by atoms with Crippen LogP contribution in [0.4, 0.5) is 11.4 Å². The summed E-state index contributed by atoms with van der Waals surface area (Å²) < 4.78 is 22.8. The van der Waals surface area contributed by atoms with Crippen LogP contribution in [0.3, 0.4) is 0 Å². The molecule has 0 unspecified atom stereocenters. The first-order valence-electron chi connectivity index (χ1n) is 6.04. The smallest absolute Gasteiger partial charge is 0.255 e. The Hall–Kier alpha value is -1.76. The third kappa shape index (κ3) is 3.71. The lowest BCUT2D eigenvalue weighted by molar-refractivity contribution is 0.102. The summed E-state index contributed by atoms with van der Waals surface area (Å²) in [6.45, 7) is 0. The number of nitrogens with one attached hydrogen (secondary N) is 1. The van der Waals surface area contributed by atoms with E-state index in [9.17, 15) is 13.2 Å². The van der Waals surface area contributed by atoms with Gasteiger partial charge in [-0.25, -0.2) is 8.42 Å². The van der Waals surface area contributed by atoms with Crippen LogP contribution >= 0.6 is 23.2 Å². The second-order valence-corrected chi connectivity index (χ2v) is 7.46. The maximum atomic E-state index is 12.2. The quantitative estimate of drug-likeness (QED) is 0.824. The van der Waals surface area contributed by atoms with Crippen LogP contribution in [0.1, 0.15) is 10.4 Å². The Morgan fingerprint density at radius 2 is 1.73 bits per heavy atom. The van der Waals surface area contributed by atoms with E-state index in [1.807, 2.05) is 0 Å². The predicted molar refractivity (Wildman–Crippen MR) is 88.4 cm³/mol. The molecule has 116 valence electrons. The van der Waals surface area contributed by atoms with Crippen LogP contribution in [-0.4, -0.2) is 20.6 Å². The van der Waals surface area contributed by atoms with Crippen molar-refractivity contribution in [2.75, 3.05) is 17.3 Å². The highest BCUT2D eigenvalue weighted by Crippen LogP contribution is 2.32. The van der Waals surface area contributed by atoms with Crippen molar-refractivity contribution >= 4 is 50.3 Å². The minimum atomic E-state index is -3.31. The van der Waals surface area contributed by atoms with Gasteiger partial charge in [-0.3, -0.25) is 4.79 Å². The van der Waals surface area contributed by atoms with Crippen molar-refractivity contribution in [1.82, 2.24) is 0 Å². The number of carbonyl (C=O) groups excluding carboxylic acids is 1. The molecule has 0 spiro atoms. The molecule has 22 heavy (non-hydrogen) atoms. The highest BCUT2D eigenvalue weighted by atomic mass is 35.5. The van der Waals surface area contributed by atoms with Gasteiger partial charge in [0, 0.05) is 16.8 Å². The molecule has 0 heterocycles. The van der Waals surface area contributed by atoms with Crippen LogP contribution < -0.4 is 11.1 Å². The fraction of sp³-hybridized carbons (Fsp3) is 0.0714. The predicted octanol–water partition coefficient (Wildman–Crippen LogP) is 3.23. The molecule has 0 bridgehead atoms. The summed E-state index contributed by atoms with van der Waals surface area (Å²) in [6, 6.07) is 8.46. The molecule has 8 heteroatoms. The van der Waals surface area contributed by atoms with E-state index in [0.717, 1.165) is 6.26 Å². The molecule has 2 aromatic carbocycles. The molecular formula is C14H12Cl2N2O3S. The second-order valence-electron chi connectivity index (χ2n) is 4.60. The lowest BCUT2D eigenvalue weighted by atomic mass is 10.2. The van der Waals surface area contributed by atoms with Gasteiger partial charge in [0.25, 0.3) is 5.91 Å². The van der Waals surface area contributed by atoms with E-state index in [1.165, 1.54) is 36.4 Å². The van der Waals surface area contributed by atoms with E-state index in [4.69, 9.17) is 28.9 Å². The van der Waals surface area contributed by atoms with Crippen molar-refractivity contribution < 1.29 is 13.2 Å². The van der Waals surface area contributed by atoms with E-state index in [1.54, 1.807) is 0 Å². The van der Waals surface area contributed by atoms with Gasteiger partial charge in [0.15, 0.2) is 9.84 Å². The Labute approximate surface area is 138 Å². The number of sulfone groups is 1. The maximum Gasteiger partial charge on any atom is 0.255 e. The first kappa shape index (κ1) is 16.6. The Bertz CT molecular complexity index is 811. The topological polar surface area (TPSA) is 89.3 Å². The van der Waals surface area contributed by atoms with Gasteiger partial charge in [-0.05, 0) is 36.4 Å². The minimum Gasteiger partial charge on any atom is -0.397 e. The number of amides is 1. The lowest BCUT2D eigenvalue weighted by Crippen LogP contribution is -2.14. The van der Waals surface area contributed by atoms with Gasteiger partial charge in [-0.1, -0.05) is 23.2 Å². The van der Waals surface area contributed by atoms with Gasteiger partial charge in [-0.15, -0.1) is 0 Å². The fourth-order valence-electron chi connectivity index (χ4n) is 1.76. The van der Waals surface area contributed by atoms with E-state index in [0.29, 0.717) is 5.02 Å². The van der Waals surface area contributed by atoms with E-state index in [-0.39, 0.29) is 26.9 Å². The Kier molecular flexibility index (Phi) is 4.65. The summed E-state index contributed by atoms with van der Waals surface area (Å²) >= 11 is 11.8. The third-order valence-corrected chi connectivity index (χ3v) is 4.51. The molecule has 0 saturated heterocycles. The normalized spacial score (nSPS) is 11.2. The zero-order chi connectivity index (χ0) is 16.5. The van der Waals surface area contributed by atoms with Gasteiger partial charge in [0.05, 0.1) is 21.3 Å². The Morgan fingerprint density at radius 1 is 1.14 bits per heavy atom. The summed E-state index contributed by atoms with van der Waals surface area (Å²) in [6.07, 6.45) is 1.09. The molecule has 0 aliphatic rings. The molecule has 0 atom stereocenters. The number of nitrogens with two attached hydrogens (primary N) is 1. The molecular weight excluding hydrogens is 347 g/mol. The molecule has 2 aromatic rings. The number of anilines is 2. The van der Waals surface area contributed by atoms with Crippen LogP contribution in [0.5, 0.6) is 0 Å². The van der Waals surface area contributed by atoms with Gasteiger partial charge < -0.3 is 11.1 Å². The van der Waals surface area contributed by atoms with Crippen LogP contribution in [0.2, 0.25) is 10.0 Å². The standard InChI is InChI=1S/C14H12Cl2N2O3S/c1-22(20,21)10-4-2-8(3-5-10)14(19)18-13-11(16)6-9(15)7-12(13)17/h2-7H,17H2,1H3,(H,18,19). The summed E-state index contributed by atoms with van der Waals surface area (Å²) in [4.78, 5) is 12.3. The Morgan fingerprint density at radius 3 is 2.23 bits per heavy atom. The number of rotatable bonds is 3. The highest BCUT2D eigenvalue weighted by molar-refractivity contribution is 7.90. The third-order valence-electron chi connectivity index (χ3n) is 2.87. The van der Waals surface area contributed by atoms with E-state index in [2.05, 4.69) is 5.32 Å². The number of hydrogen-bond donors (Lipinski definition) is 2. The molecule has 0 saturated carbocycles. The van der Waals surface area contributed by atoms with Crippen LogP contribution in [0.25, 0.3) is 0 Å². The average molecular weight is 359 g/mol. The van der Waals surface area contributed by atoms with Crippen LogP contribution in [-0.2, 0) is 9.84 Å². The monoisotopic (exact) mass is 358 g/mol. The first-order valence-corrected chi connectivity index (χ1v) is 8.69. The van der Waals surface area contributed by atoms with E-state index >= 15 is 0 Å². The van der Waals surface area contributed by atoms with Crippen molar-refractivity contribution in [3.8, 4) is 0 Å². The van der Waals surface area contributed by atoms with Crippen molar-refractivity contribution in [1.29, 1.82) is 0 Å². The average Bonchev–Trinajstić information content (AvgIpc) is 2.41. The van der Waals surface area contributed by atoms with Crippen LogP contribution in [0, 0.1) is 0 Å². The van der Waals surface area contributed by atoms with Gasteiger partial charge in [0.1, 0.15) is 0 Å². The van der Waals surface area contributed by atoms with Gasteiger partial charge in [-0.2, -0.15) is 0 Å². The molecule has 0 radical (unpaired) electrons. The number of nitrogen functional groups attached to an aromatic ring is 1. The molecule has 5 nitrogen and oxygen atoms in total. The lowest BCUT2D eigenvalue weighted by Gasteiger charge is -2.11. The molecule has 1 amide bonds. The molecule has 0 aromatic heterocycles. The maximum absolute atomic E-state index is 12.2. The number of halogens is 2. The molecule has 2 rings (SSSR count). The number of carbonyl (C=O) groups is 1. The number of hydrogen-bond acceptors (Lipinski definition) is 4. The molecule has 0 fully saturated rings. The SMILES string of the molecule is CS(=O)(=O)c1ccc(C(=O)Nc2c(N)cc(Cl)cc2Cl)cc1. The molecule has 3 N–H and O–H groups in total. The van der Waals surface area contributed by atoms with Gasteiger partial charge >= 0.3 is 0 Å².